The Kier molecular flexibility index (Phi) is 7.17. The molecule has 0 aliphatic rings. The zero-order valence-electron chi connectivity index (χ0n) is 15.0. The van der Waals surface area contributed by atoms with Crippen LogP contribution in [0.3, 0.4) is 0 Å². The van der Waals surface area contributed by atoms with Crippen LogP contribution in [0.2, 0.25) is 6.04 Å². The van der Waals surface area contributed by atoms with Gasteiger partial charge in [0, 0.05) is 44.8 Å². The maximum atomic E-state index is 9.03. The van der Waals surface area contributed by atoms with Crippen molar-refractivity contribution in [2.45, 2.75) is 38.6 Å². The summed E-state index contributed by atoms with van der Waals surface area (Å²) in [4.78, 5) is 29.1. The van der Waals surface area contributed by atoms with Crippen LogP contribution >= 0.6 is 0 Å². The van der Waals surface area contributed by atoms with Crippen molar-refractivity contribution in [2.24, 2.45) is 0 Å². The molecule has 0 fully saturated rings. The number of nitrogens with zero attached hydrogens (tertiary/aromatic N) is 6. The molecule has 141 valence electrons. The Labute approximate surface area is 160 Å². The van der Waals surface area contributed by atoms with Gasteiger partial charge in [0.25, 0.3) is 0 Å². The van der Waals surface area contributed by atoms with Crippen molar-refractivity contribution in [3.8, 4) is 0 Å². The van der Waals surface area contributed by atoms with Gasteiger partial charge in [0.15, 0.2) is 0 Å². The molecule has 0 amide bonds. The van der Waals surface area contributed by atoms with E-state index in [1.165, 1.54) is 0 Å². The summed E-state index contributed by atoms with van der Waals surface area (Å²) in [5, 5.41) is 8.39. The Bertz CT molecular complexity index is 758. The third-order valence-corrected chi connectivity index (χ3v) is 4.78. The minimum Gasteiger partial charge on any atom is -0.410 e. The zero-order chi connectivity index (χ0) is 18.9. The highest BCUT2D eigenvalue weighted by Crippen LogP contribution is 2.11. The number of aromatic nitrogens is 5. The molecule has 3 aromatic heterocycles. The predicted molar refractivity (Wildman–Crippen MR) is 101 cm³/mol. The Morgan fingerprint density at radius 2 is 1.52 bits per heavy atom. The second kappa shape index (κ2) is 10.0. The summed E-state index contributed by atoms with van der Waals surface area (Å²) < 4.78 is 1.75. The van der Waals surface area contributed by atoms with E-state index in [1.54, 1.807) is 17.1 Å². The lowest BCUT2D eigenvalue weighted by atomic mass is 10.2. The molecule has 0 bridgehead atoms. The van der Waals surface area contributed by atoms with Crippen molar-refractivity contribution in [2.75, 3.05) is 0 Å². The minimum atomic E-state index is -2.17. The van der Waals surface area contributed by atoms with Gasteiger partial charge in [0.05, 0.1) is 17.1 Å². The van der Waals surface area contributed by atoms with E-state index in [2.05, 4.69) is 25.2 Å². The quantitative estimate of drug-likeness (QED) is 0.506. The van der Waals surface area contributed by atoms with Crippen LogP contribution in [0.4, 0.5) is 0 Å². The highest BCUT2D eigenvalue weighted by Gasteiger charge is 2.12. The van der Waals surface area contributed by atoms with Crippen molar-refractivity contribution >= 4 is 9.28 Å². The van der Waals surface area contributed by atoms with Gasteiger partial charge in [-0.25, -0.2) is 0 Å². The molecular weight excluding hydrogens is 360 g/mol. The summed E-state index contributed by atoms with van der Waals surface area (Å²) in [7, 11) is -2.17. The van der Waals surface area contributed by atoms with Gasteiger partial charge in [0.2, 0.25) is 0 Å². The van der Waals surface area contributed by atoms with Crippen molar-refractivity contribution in [1.82, 2.24) is 29.9 Å². The average molecular weight is 384 g/mol. The average Bonchev–Trinajstić information content (AvgIpc) is 3.10. The van der Waals surface area contributed by atoms with Crippen molar-refractivity contribution < 1.29 is 9.59 Å². The van der Waals surface area contributed by atoms with Crippen LogP contribution in [-0.2, 0) is 26.2 Å². The van der Waals surface area contributed by atoms with E-state index < -0.39 is 9.28 Å². The first kappa shape index (κ1) is 19.3. The highest BCUT2D eigenvalue weighted by molar-refractivity contribution is 6.40. The number of rotatable bonds is 10. The Morgan fingerprint density at radius 3 is 2.07 bits per heavy atom. The number of aryl methyl sites for hydroxylation is 1. The highest BCUT2D eigenvalue weighted by atomic mass is 28.3. The van der Waals surface area contributed by atoms with E-state index in [-0.39, 0.29) is 0 Å². The SMILES string of the molecule is O[Si](O)CCCn1cc(CN(Cc2ccccn2)Cc2ccccn2)nn1. The van der Waals surface area contributed by atoms with Crippen LogP contribution in [-0.4, -0.2) is 48.7 Å². The van der Waals surface area contributed by atoms with Gasteiger partial charge in [-0.3, -0.25) is 19.5 Å². The molecular formula is C18H23N6O2Si. The van der Waals surface area contributed by atoms with Gasteiger partial charge < -0.3 is 9.59 Å². The molecule has 3 heterocycles. The molecule has 3 aromatic rings. The number of hydrogen-bond donors (Lipinski definition) is 2. The maximum Gasteiger partial charge on any atom is 0.378 e. The van der Waals surface area contributed by atoms with Gasteiger partial charge in [-0.05, 0) is 36.7 Å². The number of pyridine rings is 2. The number of hydrogen-bond acceptors (Lipinski definition) is 7. The third kappa shape index (κ3) is 6.64. The van der Waals surface area contributed by atoms with E-state index in [1.807, 2.05) is 42.6 Å². The first-order chi connectivity index (χ1) is 13.2. The molecule has 0 atom stereocenters. The molecule has 0 unspecified atom stereocenters. The molecule has 1 radical (unpaired) electrons. The first-order valence-electron chi connectivity index (χ1n) is 8.84. The monoisotopic (exact) mass is 383 g/mol. The lowest BCUT2D eigenvalue weighted by molar-refractivity contribution is 0.238. The van der Waals surface area contributed by atoms with E-state index in [9.17, 15) is 0 Å². The van der Waals surface area contributed by atoms with Crippen LogP contribution in [0.5, 0.6) is 0 Å². The van der Waals surface area contributed by atoms with E-state index in [0.717, 1.165) is 17.1 Å². The maximum absolute atomic E-state index is 9.03. The molecule has 0 spiro atoms. The van der Waals surface area contributed by atoms with E-state index in [0.29, 0.717) is 38.6 Å². The van der Waals surface area contributed by atoms with Crippen molar-refractivity contribution in [3.05, 3.63) is 72.1 Å². The minimum absolute atomic E-state index is 0.422. The van der Waals surface area contributed by atoms with Crippen molar-refractivity contribution in [1.29, 1.82) is 0 Å². The van der Waals surface area contributed by atoms with Gasteiger partial charge in [-0.15, -0.1) is 5.10 Å². The summed E-state index contributed by atoms with van der Waals surface area (Å²) in [6, 6.07) is 12.2. The van der Waals surface area contributed by atoms with Gasteiger partial charge in [-0.2, -0.15) is 0 Å². The fourth-order valence-electron chi connectivity index (χ4n) is 2.76. The third-order valence-electron chi connectivity index (χ3n) is 3.98. The molecule has 0 saturated carbocycles. The molecule has 3 rings (SSSR count). The summed E-state index contributed by atoms with van der Waals surface area (Å²) in [6.45, 7) is 2.63. The standard InChI is InChI=1S/C18H23N6O2Si/c25-27(26)11-5-10-24-15-18(21-22-24)14-23(12-16-6-1-3-8-19-16)13-17-7-2-4-9-20-17/h1-4,6-9,15,25-26H,5,10-14H2. The lowest BCUT2D eigenvalue weighted by Crippen LogP contribution is -2.23. The Balaban J connectivity index is 1.64. The van der Waals surface area contributed by atoms with Crippen LogP contribution in [0.1, 0.15) is 23.5 Å². The smallest absolute Gasteiger partial charge is 0.378 e. The molecule has 8 nitrogen and oxygen atoms in total. The Hall–Kier alpha value is -2.46. The van der Waals surface area contributed by atoms with Gasteiger partial charge in [0.1, 0.15) is 0 Å². The fourth-order valence-corrected chi connectivity index (χ4v) is 3.23. The zero-order valence-corrected chi connectivity index (χ0v) is 16.0. The topological polar surface area (TPSA) is 100 Å². The summed E-state index contributed by atoms with van der Waals surface area (Å²) >= 11 is 0. The van der Waals surface area contributed by atoms with Crippen molar-refractivity contribution in [3.63, 3.8) is 0 Å². The fraction of sp³-hybridized carbons (Fsp3) is 0.333. The van der Waals surface area contributed by atoms with Crippen LogP contribution in [0.25, 0.3) is 0 Å². The Morgan fingerprint density at radius 1 is 0.889 bits per heavy atom. The van der Waals surface area contributed by atoms with E-state index >= 15 is 0 Å². The molecule has 0 aromatic carbocycles. The molecule has 27 heavy (non-hydrogen) atoms. The van der Waals surface area contributed by atoms with Crippen LogP contribution < -0.4 is 0 Å². The second-order valence-electron chi connectivity index (χ2n) is 6.28. The molecule has 9 heteroatoms. The summed E-state index contributed by atoms with van der Waals surface area (Å²) in [5.41, 5.74) is 2.84. The first-order valence-corrected chi connectivity index (χ1v) is 10.4. The molecule has 0 saturated heterocycles. The molecule has 2 N–H and O–H groups in total. The largest absolute Gasteiger partial charge is 0.410 e. The normalized spacial score (nSPS) is 11.4. The second-order valence-corrected chi connectivity index (χ2v) is 7.61. The van der Waals surface area contributed by atoms with Crippen LogP contribution in [0.15, 0.2) is 55.0 Å². The summed E-state index contributed by atoms with van der Waals surface area (Å²) in [5.74, 6) is 0. The van der Waals surface area contributed by atoms with Gasteiger partial charge >= 0.3 is 9.28 Å². The molecule has 0 aliphatic heterocycles. The van der Waals surface area contributed by atoms with Gasteiger partial charge in [-0.1, -0.05) is 17.3 Å². The van der Waals surface area contributed by atoms with Crippen LogP contribution in [0, 0.1) is 0 Å². The lowest BCUT2D eigenvalue weighted by Gasteiger charge is -2.20. The van der Waals surface area contributed by atoms with E-state index in [4.69, 9.17) is 9.59 Å². The predicted octanol–water partition coefficient (Wildman–Crippen LogP) is 1.13. The molecule has 0 aliphatic carbocycles. The summed E-state index contributed by atoms with van der Waals surface area (Å²) in [6.07, 6.45) is 6.17.